The maximum Gasteiger partial charge on any atom is 0.318 e. The maximum absolute atomic E-state index is 14.6. The monoisotopic (exact) mass is 529 g/mol. The lowest BCUT2D eigenvalue weighted by atomic mass is 9.98. The predicted octanol–water partition coefficient (Wildman–Crippen LogP) is 3.91. The summed E-state index contributed by atoms with van der Waals surface area (Å²) in [5.74, 6) is -0.735. The smallest absolute Gasteiger partial charge is 0.318 e. The second kappa shape index (κ2) is 12.5. The lowest BCUT2D eigenvalue weighted by molar-refractivity contribution is -0.133. The summed E-state index contributed by atoms with van der Waals surface area (Å²) in [6.45, 7) is 7.50. The SMILES string of the molecule is CC(C)NC(=O)N(CCN1CCOCC1)CC(=O)N1N=C(c2ccccc2F)CC1c1ccc(Cl)cc1. The average Bonchev–Trinajstić information content (AvgIpc) is 3.32. The van der Waals surface area contributed by atoms with Crippen LogP contribution in [0.2, 0.25) is 5.02 Å². The van der Waals surface area contributed by atoms with E-state index < -0.39 is 11.9 Å². The molecule has 0 aromatic heterocycles. The molecule has 0 spiro atoms. The third kappa shape index (κ3) is 7.06. The predicted molar refractivity (Wildman–Crippen MR) is 141 cm³/mol. The summed E-state index contributed by atoms with van der Waals surface area (Å²) in [5.41, 5.74) is 1.68. The van der Waals surface area contributed by atoms with Crippen LogP contribution in [0.3, 0.4) is 0 Å². The van der Waals surface area contributed by atoms with E-state index in [9.17, 15) is 14.0 Å². The standard InChI is InChI=1S/C27H33ClFN5O3/c1-19(2)30-27(36)33(12-11-32-13-15-37-16-14-32)18-26(35)34-25(20-7-9-21(28)10-8-20)17-24(31-34)22-5-3-4-6-23(22)29/h3-10,19,25H,11-18H2,1-2H3,(H,30,36). The van der Waals surface area contributed by atoms with Crippen molar-refractivity contribution in [1.29, 1.82) is 0 Å². The van der Waals surface area contributed by atoms with Crippen molar-refractivity contribution < 1.29 is 18.7 Å². The van der Waals surface area contributed by atoms with E-state index in [1.54, 1.807) is 30.3 Å². The van der Waals surface area contributed by atoms with Gasteiger partial charge >= 0.3 is 6.03 Å². The molecule has 2 aromatic carbocycles. The fourth-order valence-electron chi connectivity index (χ4n) is 4.46. The lowest BCUT2D eigenvalue weighted by Crippen LogP contribution is -2.50. The van der Waals surface area contributed by atoms with Gasteiger partial charge in [0.1, 0.15) is 12.4 Å². The van der Waals surface area contributed by atoms with Gasteiger partial charge < -0.3 is 15.0 Å². The first-order valence-corrected chi connectivity index (χ1v) is 12.9. The van der Waals surface area contributed by atoms with Crippen LogP contribution in [0.1, 0.15) is 37.4 Å². The first kappa shape index (κ1) is 27.0. The van der Waals surface area contributed by atoms with E-state index in [0.717, 1.165) is 18.7 Å². The summed E-state index contributed by atoms with van der Waals surface area (Å²) in [6.07, 6.45) is 0.347. The molecule has 1 fully saturated rings. The lowest BCUT2D eigenvalue weighted by Gasteiger charge is -2.31. The van der Waals surface area contributed by atoms with Crippen LogP contribution in [0.25, 0.3) is 0 Å². The molecule has 8 nitrogen and oxygen atoms in total. The average molecular weight is 530 g/mol. The van der Waals surface area contributed by atoms with E-state index in [2.05, 4.69) is 15.3 Å². The number of amides is 3. The Morgan fingerprint density at radius 3 is 2.54 bits per heavy atom. The van der Waals surface area contributed by atoms with Crippen LogP contribution >= 0.6 is 11.6 Å². The van der Waals surface area contributed by atoms with Gasteiger partial charge in [0.25, 0.3) is 5.91 Å². The van der Waals surface area contributed by atoms with Crippen molar-refractivity contribution in [1.82, 2.24) is 20.1 Å². The molecule has 1 atom stereocenters. The Balaban J connectivity index is 1.56. The van der Waals surface area contributed by atoms with Gasteiger partial charge in [-0.25, -0.2) is 14.2 Å². The molecular weight excluding hydrogens is 497 g/mol. The van der Waals surface area contributed by atoms with Gasteiger partial charge in [0, 0.05) is 49.2 Å². The van der Waals surface area contributed by atoms with Gasteiger partial charge in [-0.3, -0.25) is 9.69 Å². The molecule has 0 saturated carbocycles. The zero-order valence-corrected chi connectivity index (χ0v) is 22.0. The number of nitrogens with zero attached hydrogens (tertiary/aromatic N) is 4. The molecule has 2 heterocycles. The fraction of sp³-hybridized carbons (Fsp3) is 0.444. The van der Waals surface area contributed by atoms with Crippen LogP contribution in [0.15, 0.2) is 53.6 Å². The van der Waals surface area contributed by atoms with Crippen LogP contribution in [0, 0.1) is 5.82 Å². The quantitative estimate of drug-likeness (QED) is 0.562. The molecule has 2 aromatic rings. The molecule has 37 heavy (non-hydrogen) atoms. The Labute approximate surface area is 222 Å². The van der Waals surface area contributed by atoms with E-state index in [1.807, 2.05) is 26.0 Å². The minimum Gasteiger partial charge on any atom is -0.379 e. The summed E-state index contributed by atoms with van der Waals surface area (Å²) >= 11 is 6.08. The van der Waals surface area contributed by atoms with E-state index in [0.29, 0.717) is 49.0 Å². The number of urea groups is 1. The van der Waals surface area contributed by atoms with Crippen LogP contribution in [-0.2, 0) is 9.53 Å². The Bertz CT molecular complexity index is 1120. The first-order valence-electron chi connectivity index (χ1n) is 12.6. The molecule has 0 aliphatic carbocycles. The van der Waals surface area contributed by atoms with E-state index in [4.69, 9.17) is 16.3 Å². The maximum atomic E-state index is 14.6. The van der Waals surface area contributed by atoms with Crippen molar-refractivity contribution in [3.05, 3.63) is 70.5 Å². The molecule has 1 unspecified atom stereocenters. The minimum atomic E-state index is -0.436. The molecule has 2 aliphatic rings. The van der Waals surface area contributed by atoms with Crippen LogP contribution in [0.5, 0.6) is 0 Å². The second-order valence-electron chi connectivity index (χ2n) is 9.52. The van der Waals surface area contributed by atoms with Crippen molar-refractivity contribution in [2.24, 2.45) is 5.10 Å². The van der Waals surface area contributed by atoms with Crippen molar-refractivity contribution >= 4 is 29.3 Å². The third-order valence-corrected chi connectivity index (χ3v) is 6.67. The van der Waals surface area contributed by atoms with Crippen LogP contribution < -0.4 is 5.32 Å². The highest BCUT2D eigenvalue weighted by Gasteiger charge is 2.35. The summed E-state index contributed by atoms with van der Waals surface area (Å²) in [5, 5.41) is 9.42. The van der Waals surface area contributed by atoms with Crippen molar-refractivity contribution in [3.8, 4) is 0 Å². The number of morpholine rings is 1. The fourth-order valence-corrected chi connectivity index (χ4v) is 4.58. The number of hydrogen-bond acceptors (Lipinski definition) is 5. The summed E-state index contributed by atoms with van der Waals surface area (Å²) < 4.78 is 20.0. The zero-order chi connectivity index (χ0) is 26.4. The zero-order valence-electron chi connectivity index (χ0n) is 21.2. The molecule has 0 bridgehead atoms. The largest absolute Gasteiger partial charge is 0.379 e. The number of carbonyl (C=O) groups is 2. The number of hydrazone groups is 1. The van der Waals surface area contributed by atoms with Gasteiger partial charge in [-0.15, -0.1) is 0 Å². The Kier molecular flexibility index (Phi) is 9.13. The number of benzene rings is 2. The van der Waals surface area contributed by atoms with Crippen LogP contribution in [-0.4, -0.2) is 84.4 Å². The number of carbonyl (C=O) groups excluding carboxylic acids is 2. The van der Waals surface area contributed by atoms with Crippen molar-refractivity contribution in [3.63, 3.8) is 0 Å². The van der Waals surface area contributed by atoms with Crippen molar-refractivity contribution in [2.75, 3.05) is 45.9 Å². The molecule has 198 valence electrons. The Hall–Kier alpha value is -3.01. The van der Waals surface area contributed by atoms with E-state index >= 15 is 0 Å². The molecule has 1 saturated heterocycles. The van der Waals surface area contributed by atoms with Crippen LogP contribution in [0.4, 0.5) is 9.18 Å². The highest BCUT2D eigenvalue weighted by molar-refractivity contribution is 6.30. The number of rotatable bonds is 8. The molecule has 3 amide bonds. The van der Waals surface area contributed by atoms with Gasteiger partial charge in [0.2, 0.25) is 0 Å². The molecule has 1 N–H and O–H groups in total. The highest BCUT2D eigenvalue weighted by atomic mass is 35.5. The molecular formula is C27H33ClFN5O3. The number of halogens is 2. The molecule has 4 rings (SSSR count). The summed E-state index contributed by atoms with van der Waals surface area (Å²) in [7, 11) is 0. The number of hydrogen-bond donors (Lipinski definition) is 1. The van der Waals surface area contributed by atoms with Gasteiger partial charge in [-0.2, -0.15) is 5.10 Å². The molecule has 0 radical (unpaired) electrons. The normalized spacial score (nSPS) is 18.1. The van der Waals surface area contributed by atoms with Gasteiger partial charge in [0.05, 0.1) is 25.0 Å². The summed E-state index contributed by atoms with van der Waals surface area (Å²) in [4.78, 5) is 30.4. The molecule has 2 aliphatic heterocycles. The van der Waals surface area contributed by atoms with Gasteiger partial charge in [-0.05, 0) is 37.6 Å². The highest BCUT2D eigenvalue weighted by Crippen LogP contribution is 2.34. The first-order chi connectivity index (χ1) is 17.8. The third-order valence-electron chi connectivity index (χ3n) is 6.42. The van der Waals surface area contributed by atoms with Gasteiger partial charge in [-0.1, -0.05) is 41.9 Å². The minimum absolute atomic E-state index is 0.0761. The Morgan fingerprint density at radius 2 is 1.86 bits per heavy atom. The van der Waals surface area contributed by atoms with Crippen molar-refractivity contribution in [2.45, 2.75) is 32.4 Å². The van der Waals surface area contributed by atoms with Gasteiger partial charge in [0.15, 0.2) is 0 Å². The van der Waals surface area contributed by atoms with E-state index in [1.165, 1.54) is 16.0 Å². The topological polar surface area (TPSA) is 77.5 Å². The summed E-state index contributed by atoms with van der Waals surface area (Å²) in [6, 6.07) is 12.8. The van der Waals surface area contributed by atoms with E-state index in [-0.39, 0.29) is 24.5 Å². The number of ether oxygens (including phenoxy) is 1. The number of nitrogens with one attached hydrogen (secondary N) is 1. The Morgan fingerprint density at radius 1 is 1.16 bits per heavy atom. The molecule has 10 heteroatoms. The second-order valence-corrected chi connectivity index (χ2v) is 9.95.